The summed E-state index contributed by atoms with van der Waals surface area (Å²) in [6, 6.07) is 0. The van der Waals surface area contributed by atoms with Gasteiger partial charge in [0, 0.05) is 19.5 Å². The van der Waals surface area contributed by atoms with Crippen molar-refractivity contribution in [3.8, 4) is 0 Å². The predicted octanol–water partition coefficient (Wildman–Crippen LogP) is -0.441. The highest BCUT2D eigenvalue weighted by atomic mass is 32.1. The average Bonchev–Trinajstić information content (AvgIpc) is 2.04. The van der Waals surface area contributed by atoms with Crippen molar-refractivity contribution < 1.29 is 9.59 Å². The summed E-state index contributed by atoms with van der Waals surface area (Å²) in [5.41, 5.74) is 0. The summed E-state index contributed by atoms with van der Waals surface area (Å²) in [5.74, 6) is -0.0327. The highest BCUT2D eigenvalue weighted by molar-refractivity contribution is 7.81. The lowest BCUT2D eigenvalue weighted by molar-refractivity contribution is -0.121. The molecule has 0 aromatic carbocycles. The summed E-state index contributed by atoms with van der Waals surface area (Å²) >= 11 is 3.77. The maximum atomic E-state index is 10.8. The molecule has 0 aliphatic heterocycles. The van der Waals surface area contributed by atoms with E-state index in [0.29, 0.717) is 19.5 Å². The number of amides is 2. The van der Waals surface area contributed by atoms with Crippen LogP contribution in [0.1, 0.15) is 13.3 Å². The Hall–Kier alpha value is -0.710. The van der Waals surface area contributed by atoms with Crippen LogP contribution in [0.25, 0.3) is 0 Å². The molecular weight excluding hydrogens is 176 g/mol. The van der Waals surface area contributed by atoms with E-state index in [1.165, 1.54) is 0 Å². The Kier molecular flexibility index (Phi) is 6.55. The normalized spacial score (nSPS) is 9.17. The Morgan fingerprint density at radius 2 is 1.92 bits per heavy atom. The van der Waals surface area contributed by atoms with E-state index < -0.39 is 0 Å². The largest absolute Gasteiger partial charge is 0.356 e. The number of nitrogens with one attached hydrogen (secondary N) is 2. The molecule has 0 heterocycles. The van der Waals surface area contributed by atoms with E-state index in [1.807, 2.05) is 6.92 Å². The molecule has 2 amide bonds. The maximum Gasteiger partial charge on any atom is 0.229 e. The molecular formula is C7H14N2O2S. The third-order valence-corrected chi connectivity index (χ3v) is 1.48. The first-order valence-electron chi connectivity index (χ1n) is 3.85. The molecule has 0 rings (SSSR count). The number of thiol groups is 1. The lowest BCUT2D eigenvalue weighted by atomic mass is 10.4. The molecule has 4 nitrogen and oxygen atoms in total. The van der Waals surface area contributed by atoms with Crippen LogP contribution in [0.3, 0.4) is 0 Å². The monoisotopic (exact) mass is 190 g/mol. The van der Waals surface area contributed by atoms with Gasteiger partial charge in [-0.2, -0.15) is 12.6 Å². The van der Waals surface area contributed by atoms with E-state index in [0.717, 1.165) is 0 Å². The van der Waals surface area contributed by atoms with Crippen LogP contribution in [0.4, 0.5) is 0 Å². The predicted molar refractivity (Wildman–Crippen MR) is 50.2 cm³/mol. The lowest BCUT2D eigenvalue weighted by Crippen LogP contribution is -2.31. The second-order valence-electron chi connectivity index (χ2n) is 2.21. The minimum atomic E-state index is -0.150. The number of carbonyl (C=O) groups excluding carboxylic acids is 2. The fourth-order valence-corrected chi connectivity index (χ4v) is 0.769. The summed E-state index contributed by atoms with van der Waals surface area (Å²) in [5, 5.41) is 5.17. The zero-order valence-corrected chi connectivity index (χ0v) is 7.99. The van der Waals surface area contributed by atoms with Crippen molar-refractivity contribution in [1.29, 1.82) is 0 Å². The van der Waals surface area contributed by atoms with Crippen LogP contribution >= 0.6 is 12.6 Å². The molecule has 5 heteroatoms. The zero-order chi connectivity index (χ0) is 9.40. The molecule has 0 unspecified atom stereocenters. The summed E-state index contributed by atoms with van der Waals surface area (Å²) in [6.45, 7) is 2.86. The standard InChI is InChI=1S/C7H14N2O2S/c1-2-8-6(10)3-4-9-7(11)5-12/h12H,2-5H2,1H3,(H,8,10)(H,9,11). The van der Waals surface area contributed by atoms with Crippen LogP contribution in [0.15, 0.2) is 0 Å². The highest BCUT2D eigenvalue weighted by Crippen LogP contribution is 1.78. The molecule has 0 aliphatic carbocycles. The van der Waals surface area contributed by atoms with E-state index in [-0.39, 0.29) is 17.6 Å². The SMILES string of the molecule is CCNC(=O)CCNC(=O)CS. The highest BCUT2D eigenvalue weighted by Gasteiger charge is 2.00. The molecule has 2 N–H and O–H groups in total. The summed E-state index contributed by atoms with van der Waals surface area (Å²) in [6.07, 6.45) is 0.327. The molecule has 0 aromatic rings. The third-order valence-electron chi connectivity index (χ3n) is 1.19. The first-order valence-corrected chi connectivity index (χ1v) is 4.48. The topological polar surface area (TPSA) is 58.2 Å². The van der Waals surface area contributed by atoms with Gasteiger partial charge in [0.2, 0.25) is 11.8 Å². The van der Waals surface area contributed by atoms with Crippen LogP contribution < -0.4 is 10.6 Å². The van der Waals surface area contributed by atoms with E-state index in [1.54, 1.807) is 0 Å². The summed E-state index contributed by atoms with van der Waals surface area (Å²) in [7, 11) is 0. The molecule has 0 saturated carbocycles. The van der Waals surface area contributed by atoms with Crippen molar-refractivity contribution >= 4 is 24.4 Å². The zero-order valence-electron chi connectivity index (χ0n) is 7.09. The van der Waals surface area contributed by atoms with Crippen molar-refractivity contribution in [2.45, 2.75) is 13.3 Å². The van der Waals surface area contributed by atoms with Gasteiger partial charge in [-0.05, 0) is 6.92 Å². The second kappa shape index (κ2) is 6.97. The second-order valence-corrected chi connectivity index (χ2v) is 2.53. The Morgan fingerprint density at radius 1 is 1.25 bits per heavy atom. The van der Waals surface area contributed by atoms with Gasteiger partial charge in [-0.1, -0.05) is 0 Å². The van der Waals surface area contributed by atoms with E-state index >= 15 is 0 Å². The molecule has 0 saturated heterocycles. The van der Waals surface area contributed by atoms with Crippen molar-refractivity contribution in [2.75, 3.05) is 18.8 Å². The van der Waals surface area contributed by atoms with Gasteiger partial charge in [0.05, 0.1) is 5.75 Å². The van der Waals surface area contributed by atoms with Crippen LogP contribution in [0.2, 0.25) is 0 Å². The minimum Gasteiger partial charge on any atom is -0.356 e. The van der Waals surface area contributed by atoms with Gasteiger partial charge < -0.3 is 10.6 Å². The quantitative estimate of drug-likeness (QED) is 0.515. The molecule has 0 atom stereocenters. The number of carbonyl (C=O) groups is 2. The van der Waals surface area contributed by atoms with Gasteiger partial charge in [-0.3, -0.25) is 9.59 Å². The minimum absolute atomic E-state index is 0.0445. The van der Waals surface area contributed by atoms with Crippen LogP contribution in [0.5, 0.6) is 0 Å². The molecule has 0 bridgehead atoms. The number of hydrogen-bond donors (Lipinski definition) is 3. The lowest BCUT2D eigenvalue weighted by Gasteiger charge is -2.02. The van der Waals surface area contributed by atoms with Crippen molar-refractivity contribution in [3.63, 3.8) is 0 Å². The Balaban J connectivity index is 3.30. The molecule has 0 radical (unpaired) electrons. The summed E-state index contributed by atoms with van der Waals surface area (Å²) in [4.78, 5) is 21.5. The van der Waals surface area contributed by atoms with Gasteiger partial charge >= 0.3 is 0 Å². The van der Waals surface area contributed by atoms with E-state index in [9.17, 15) is 9.59 Å². The first kappa shape index (κ1) is 11.3. The first-order chi connectivity index (χ1) is 5.70. The molecule has 0 aromatic heterocycles. The van der Waals surface area contributed by atoms with Crippen molar-refractivity contribution in [3.05, 3.63) is 0 Å². The van der Waals surface area contributed by atoms with Crippen molar-refractivity contribution in [1.82, 2.24) is 10.6 Å². The fraction of sp³-hybridized carbons (Fsp3) is 0.714. The van der Waals surface area contributed by atoms with E-state index in [4.69, 9.17) is 0 Å². The van der Waals surface area contributed by atoms with Gasteiger partial charge in [0.1, 0.15) is 0 Å². The van der Waals surface area contributed by atoms with Gasteiger partial charge in [0.25, 0.3) is 0 Å². The van der Waals surface area contributed by atoms with Crippen LogP contribution in [-0.2, 0) is 9.59 Å². The molecule has 0 aliphatic rings. The fourth-order valence-electron chi connectivity index (χ4n) is 0.657. The Labute approximate surface area is 77.5 Å². The summed E-state index contributed by atoms with van der Waals surface area (Å²) < 4.78 is 0. The Morgan fingerprint density at radius 3 is 2.42 bits per heavy atom. The number of hydrogen-bond acceptors (Lipinski definition) is 3. The van der Waals surface area contributed by atoms with Crippen LogP contribution in [0, 0.1) is 0 Å². The molecule has 12 heavy (non-hydrogen) atoms. The van der Waals surface area contributed by atoms with Crippen LogP contribution in [-0.4, -0.2) is 30.7 Å². The maximum absolute atomic E-state index is 10.8. The Bertz CT molecular complexity index is 161. The van der Waals surface area contributed by atoms with E-state index in [2.05, 4.69) is 23.3 Å². The van der Waals surface area contributed by atoms with Crippen molar-refractivity contribution in [2.24, 2.45) is 0 Å². The molecule has 0 fully saturated rings. The number of rotatable bonds is 5. The molecule has 0 spiro atoms. The third kappa shape index (κ3) is 6.03. The average molecular weight is 190 g/mol. The molecule has 70 valence electrons. The smallest absolute Gasteiger partial charge is 0.229 e. The van der Waals surface area contributed by atoms with Gasteiger partial charge in [-0.15, -0.1) is 0 Å². The van der Waals surface area contributed by atoms with Gasteiger partial charge in [0.15, 0.2) is 0 Å². The van der Waals surface area contributed by atoms with Gasteiger partial charge in [-0.25, -0.2) is 0 Å².